The number of carbonyl (C=O) groups excluding carboxylic acids is 1. The summed E-state index contributed by atoms with van der Waals surface area (Å²) in [5.41, 5.74) is 2.67. The number of carbonyl (C=O) groups is 1. The predicted molar refractivity (Wildman–Crippen MR) is 73.4 cm³/mol. The number of nitrogens with one attached hydrogen (secondary N) is 2. The topological polar surface area (TPSA) is 41.1 Å². The first-order valence-corrected chi connectivity index (χ1v) is 6.77. The molecule has 0 fully saturated rings. The quantitative estimate of drug-likeness (QED) is 0.855. The Hall–Kier alpha value is -1.35. The molecule has 0 heterocycles. The molecular formula is C15H22N2O. The molecule has 0 saturated heterocycles. The van der Waals surface area contributed by atoms with Crippen LogP contribution in [0.5, 0.6) is 0 Å². The zero-order valence-corrected chi connectivity index (χ0v) is 11.2. The lowest BCUT2D eigenvalue weighted by atomic mass is 9.88. The van der Waals surface area contributed by atoms with Crippen molar-refractivity contribution in [3.63, 3.8) is 0 Å². The fourth-order valence-electron chi connectivity index (χ4n) is 2.45. The molecule has 3 nitrogen and oxygen atoms in total. The average molecular weight is 246 g/mol. The first kappa shape index (κ1) is 13.1. The standard InChI is InChI=1S/C15H22N2O/c1-11(2)16-10-15(18)17-14-9-5-7-12-6-3-4-8-13(12)14/h3-4,6,8,11,14,16H,5,7,9-10H2,1-2H3,(H,17,18). The Bertz CT molecular complexity index is 415. The molecule has 1 aliphatic carbocycles. The van der Waals surface area contributed by atoms with Crippen LogP contribution in [-0.2, 0) is 11.2 Å². The van der Waals surface area contributed by atoms with E-state index >= 15 is 0 Å². The van der Waals surface area contributed by atoms with Crippen molar-refractivity contribution in [2.24, 2.45) is 0 Å². The summed E-state index contributed by atoms with van der Waals surface area (Å²) in [5.74, 6) is 0.0883. The van der Waals surface area contributed by atoms with Crippen LogP contribution in [-0.4, -0.2) is 18.5 Å². The van der Waals surface area contributed by atoms with Gasteiger partial charge in [0.05, 0.1) is 12.6 Å². The van der Waals surface area contributed by atoms with E-state index in [0.717, 1.165) is 19.3 Å². The van der Waals surface area contributed by atoms with Gasteiger partial charge in [-0.15, -0.1) is 0 Å². The van der Waals surface area contributed by atoms with Gasteiger partial charge in [0.1, 0.15) is 0 Å². The van der Waals surface area contributed by atoms with Gasteiger partial charge in [0.2, 0.25) is 5.91 Å². The molecule has 98 valence electrons. The second kappa shape index (κ2) is 6.01. The van der Waals surface area contributed by atoms with Crippen molar-refractivity contribution >= 4 is 5.91 Å². The van der Waals surface area contributed by atoms with E-state index in [1.165, 1.54) is 11.1 Å². The van der Waals surface area contributed by atoms with Crippen molar-refractivity contribution < 1.29 is 4.79 Å². The van der Waals surface area contributed by atoms with Crippen LogP contribution in [0.2, 0.25) is 0 Å². The van der Waals surface area contributed by atoms with E-state index in [1.807, 2.05) is 13.8 Å². The second-order valence-corrected chi connectivity index (χ2v) is 5.25. The maximum atomic E-state index is 11.9. The number of hydrogen-bond donors (Lipinski definition) is 2. The van der Waals surface area contributed by atoms with Crippen molar-refractivity contribution in [2.45, 2.75) is 45.2 Å². The number of rotatable bonds is 4. The molecule has 1 aromatic rings. The molecule has 18 heavy (non-hydrogen) atoms. The van der Waals surface area contributed by atoms with E-state index in [2.05, 4.69) is 34.9 Å². The van der Waals surface area contributed by atoms with E-state index in [4.69, 9.17) is 0 Å². The first-order valence-electron chi connectivity index (χ1n) is 6.77. The SMILES string of the molecule is CC(C)NCC(=O)NC1CCCc2ccccc21. The lowest BCUT2D eigenvalue weighted by molar-refractivity contribution is -0.121. The van der Waals surface area contributed by atoms with Gasteiger partial charge in [-0.25, -0.2) is 0 Å². The molecule has 0 spiro atoms. The minimum atomic E-state index is 0.0883. The van der Waals surface area contributed by atoms with Crippen LogP contribution >= 0.6 is 0 Å². The highest BCUT2D eigenvalue weighted by Crippen LogP contribution is 2.29. The van der Waals surface area contributed by atoms with Gasteiger partial charge in [0.25, 0.3) is 0 Å². The van der Waals surface area contributed by atoms with Gasteiger partial charge in [0.15, 0.2) is 0 Å². The fourth-order valence-corrected chi connectivity index (χ4v) is 2.45. The first-order chi connectivity index (χ1) is 8.66. The zero-order valence-electron chi connectivity index (χ0n) is 11.2. The molecule has 0 bridgehead atoms. The molecule has 0 saturated carbocycles. The largest absolute Gasteiger partial charge is 0.348 e. The third-order valence-electron chi connectivity index (χ3n) is 3.38. The summed E-state index contributed by atoms with van der Waals surface area (Å²) in [7, 11) is 0. The van der Waals surface area contributed by atoms with Crippen LogP contribution in [0.4, 0.5) is 0 Å². The summed E-state index contributed by atoms with van der Waals surface area (Å²) in [5, 5.41) is 6.28. The fraction of sp³-hybridized carbons (Fsp3) is 0.533. The zero-order chi connectivity index (χ0) is 13.0. The molecule has 1 aromatic carbocycles. The van der Waals surface area contributed by atoms with Gasteiger partial charge >= 0.3 is 0 Å². The van der Waals surface area contributed by atoms with Crippen LogP contribution in [0.15, 0.2) is 24.3 Å². The van der Waals surface area contributed by atoms with Crippen LogP contribution < -0.4 is 10.6 Å². The predicted octanol–water partition coefficient (Wildman–Crippen LogP) is 2.18. The second-order valence-electron chi connectivity index (χ2n) is 5.25. The van der Waals surface area contributed by atoms with Gasteiger partial charge < -0.3 is 10.6 Å². The summed E-state index contributed by atoms with van der Waals surface area (Å²) in [6, 6.07) is 8.96. The van der Waals surface area contributed by atoms with Crippen LogP contribution in [0, 0.1) is 0 Å². The molecule has 0 aliphatic heterocycles. The lowest BCUT2D eigenvalue weighted by Crippen LogP contribution is -2.39. The minimum Gasteiger partial charge on any atom is -0.348 e. The average Bonchev–Trinajstić information content (AvgIpc) is 2.37. The van der Waals surface area contributed by atoms with Crippen molar-refractivity contribution in [1.29, 1.82) is 0 Å². The molecule has 2 rings (SSSR count). The maximum Gasteiger partial charge on any atom is 0.234 e. The van der Waals surface area contributed by atoms with Crippen molar-refractivity contribution in [2.75, 3.05) is 6.54 Å². The lowest BCUT2D eigenvalue weighted by Gasteiger charge is -2.26. The maximum absolute atomic E-state index is 11.9. The number of amides is 1. The van der Waals surface area contributed by atoms with Gasteiger partial charge in [-0.2, -0.15) is 0 Å². The summed E-state index contributed by atoms with van der Waals surface area (Å²) >= 11 is 0. The smallest absolute Gasteiger partial charge is 0.234 e. The van der Waals surface area contributed by atoms with Crippen molar-refractivity contribution in [1.82, 2.24) is 10.6 Å². The highest BCUT2D eigenvalue weighted by Gasteiger charge is 2.20. The Kier molecular flexibility index (Phi) is 4.37. The Morgan fingerprint density at radius 2 is 2.17 bits per heavy atom. The van der Waals surface area contributed by atoms with E-state index in [0.29, 0.717) is 12.6 Å². The number of fused-ring (bicyclic) bond motifs is 1. The van der Waals surface area contributed by atoms with Crippen molar-refractivity contribution in [3.05, 3.63) is 35.4 Å². The van der Waals surface area contributed by atoms with E-state index in [1.54, 1.807) is 0 Å². The molecule has 1 amide bonds. The van der Waals surface area contributed by atoms with E-state index in [9.17, 15) is 4.79 Å². The van der Waals surface area contributed by atoms with Crippen molar-refractivity contribution in [3.8, 4) is 0 Å². The molecular weight excluding hydrogens is 224 g/mol. The van der Waals surface area contributed by atoms with Crippen LogP contribution in [0.3, 0.4) is 0 Å². The summed E-state index contributed by atoms with van der Waals surface area (Å²) < 4.78 is 0. The Morgan fingerprint density at radius 1 is 1.39 bits per heavy atom. The molecule has 1 unspecified atom stereocenters. The molecule has 1 aliphatic rings. The normalized spacial score (nSPS) is 18.5. The molecule has 3 heteroatoms. The number of benzene rings is 1. The third-order valence-corrected chi connectivity index (χ3v) is 3.38. The highest BCUT2D eigenvalue weighted by molar-refractivity contribution is 5.78. The third kappa shape index (κ3) is 3.33. The summed E-state index contributed by atoms with van der Waals surface area (Å²) in [6.45, 7) is 4.49. The number of aryl methyl sites for hydroxylation is 1. The molecule has 0 radical (unpaired) electrons. The monoisotopic (exact) mass is 246 g/mol. The highest BCUT2D eigenvalue weighted by atomic mass is 16.1. The summed E-state index contributed by atoms with van der Waals surface area (Å²) in [6.07, 6.45) is 3.33. The molecule has 1 atom stereocenters. The molecule has 0 aromatic heterocycles. The minimum absolute atomic E-state index is 0.0883. The Labute approximate surface area is 109 Å². The summed E-state index contributed by atoms with van der Waals surface area (Å²) in [4.78, 5) is 11.9. The Morgan fingerprint density at radius 3 is 2.94 bits per heavy atom. The van der Waals surface area contributed by atoms with E-state index < -0.39 is 0 Å². The molecule has 2 N–H and O–H groups in total. The Balaban J connectivity index is 1.96. The van der Waals surface area contributed by atoms with E-state index in [-0.39, 0.29) is 11.9 Å². The van der Waals surface area contributed by atoms with Crippen LogP contribution in [0.25, 0.3) is 0 Å². The van der Waals surface area contributed by atoms with Crippen LogP contribution in [0.1, 0.15) is 43.9 Å². The van der Waals surface area contributed by atoms with Gasteiger partial charge in [0, 0.05) is 6.04 Å². The number of hydrogen-bond acceptors (Lipinski definition) is 2. The van der Waals surface area contributed by atoms with Gasteiger partial charge in [-0.1, -0.05) is 38.1 Å². The van der Waals surface area contributed by atoms with Gasteiger partial charge in [-0.3, -0.25) is 4.79 Å². The van der Waals surface area contributed by atoms with Gasteiger partial charge in [-0.05, 0) is 30.4 Å².